The number of piperidine rings is 1. The molecule has 1 N–H and O–H groups in total. The van der Waals surface area contributed by atoms with Gasteiger partial charge in [-0.3, -0.25) is 14.0 Å². The first-order valence-electron chi connectivity index (χ1n) is 11.4. The van der Waals surface area contributed by atoms with Gasteiger partial charge in [-0.1, -0.05) is 20.8 Å². The van der Waals surface area contributed by atoms with E-state index in [-0.39, 0.29) is 16.5 Å². The van der Waals surface area contributed by atoms with E-state index in [9.17, 15) is 8.60 Å². The Labute approximate surface area is 198 Å². The molecular weight excluding hydrogens is 459 g/mol. The summed E-state index contributed by atoms with van der Waals surface area (Å²) >= 11 is 0. The van der Waals surface area contributed by atoms with Crippen LogP contribution in [0.5, 0.6) is 5.88 Å². The zero-order valence-corrected chi connectivity index (χ0v) is 22.4. The molecule has 33 heavy (non-hydrogen) atoms. The van der Waals surface area contributed by atoms with Crippen LogP contribution in [-0.2, 0) is 14.2 Å². The van der Waals surface area contributed by atoms with Crippen LogP contribution in [0.15, 0.2) is 24.5 Å². The van der Waals surface area contributed by atoms with Crippen molar-refractivity contribution < 1.29 is 17.8 Å². The average Bonchev–Trinajstić information content (AvgIpc) is 2.72. The average molecular weight is 497 g/mol. The van der Waals surface area contributed by atoms with E-state index >= 15 is 0 Å². The number of pyridine rings is 2. The van der Waals surface area contributed by atoms with Crippen molar-refractivity contribution in [2.75, 3.05) is 36.9 Å². The van der Waals surface area contributed by atoms with E-state index in [1.54, 1.807) is 12.4 Å². The van der Waals surface area contributed by atoms with Crippen LogP contribution in [0.3, 0.4) is 0 Å². The molecular formula is C23H37FN4O3SSi. The van der Waals surface area contributed by atoms with Gasteiger partial charge in [0.25, 0.3) is 0 Å². The normalized spacial score (nSPS) is 18.8. The minimum absolute atomic E-state index is 0.0623. The Morgan fingerprint density at radius 2 is 1.85 bits per heavy atom. The van der Waals surface area contributed by atoms with Crippen molar-refractivity contribution in [2.24, 2.45) is 0 Å². The van der Waals surface area contributed by atoms with E-state index in [0.29, 0.717) is 17.7 Å². The second kappa shape index (κ2) is 9.46. The molecule has 1 fully saturated rings. The lowest BCUT2D eigenvalue weighted by atomic mass is 9.88. The van der Waals surface area contributed by atoms with Crippen LogP contribution in [0.2, 0.25) is 18.1 Å². The monoisotopic (exact) mass is 496 g/mol. The van der Waals surface area contributed by atoms with Crippen molar-refractivity contribution in [3.8, 4) is 5.88 Å². The molecule has 0 bridgehead atoms. The zero-order valence-electron chi connectivity index (χ0n) is 20.6. The van der Waals surface area contributed by atoms with Crippen LogP contribution in [0, 0.1) is 4.78 Å². The molecule has 0 aliphatic carbocycles. The Kier molecular flexibility index (Phi) is 7.41. The minimum Gasteiger partial charge on any atom is -0.444 e. The molecule has 3 heterocycles. The molecule has 7 nitrogen and oxygen atoms in total. The molecule has 10 heteroatoms. The topological polar surface area (TPSA) is 88.4 Å². The van der Waals surface area contributed by atoms with Crippen LogP contribution in [0.25, 0.3) is 10.9 Å². The molecule has 184 valence electrons. The molecule has 1 saturated heterocycles. The molecule has 1 aliphatic rings. The van der Waals surface area contributed by atoms with Crippen molar-refractivity contribution in [2.45, 2.75) is 63.8 Å². The van der Waals surface area contributed by atoms with Crippen molar-refractivity contribution in [3.63, 3.8) is 0 Å². The van der Waals surface area contributed by atoms with Gasteiger partial charge >= 0.3 is 0 Å². The van der Waals surface area contributed by atoms with Gasteiger partial charge in [0.05, 0.1) is 5.60 Å². The number of rotatable bonds is 8. The Bertz CT molecular complexity index is 1080. The maximum absolute atomic E-state index is 12.8. The highest BCUT2D eigenvalue weighted by atomic mass is 32.2. The number of ether oxygens (including phenoxy) is 1. The fraction of sp³-hybridized carbons (Fsp3) is 0.652. The van der Waals surface area contributed by atoms with Crippen molar-refractivity contribution in [1.82, 2.24) is 9.97 Å². The molecule has 0 spiro atoms. The fourth-order valence-electron chi connectivity index (χ4n) is 4.10. The maximum Gasteiger partial charge on any atom is 0.242 e. The molecule has 2 aromatic heterocycles. The van der Waals surface area contributed by atoms with E-state index < -0.39 is 24.9 Å². The molecule has 0 saturated carbocycles. The second-order valence-electron chi connectivity index (χ2n) is 10.6. The Morgan fingerprint density at radius 3 is 2.42 bits per heavy atom. The highest BCUT2D eigenvalue weighted by molar-refractivity contribution is 7.91. The van der Waals surface area contributed by atoms with Crippen molar-refractivity contribution >= 4 is 34.6 Å². The molecule has 3 rings (SSSR count). The van der Waals surface area contributed by atoms with E-state index in [2.05, 4.69) is 48.7 Å². The van der Waals surface area contributed by atoms with Crippen molar-refractivity contribution in [1.29, 1.82) is 4.78 Å². The highest BCUT2D eigenvalue weighted by Gasteiger charge is 2.46. The highest BCUT2D eigenvalue weighted by Crippen LogP contribution is 2.44. The van der Waals surface area contributed by atoms with Crippen LogP contribution < -0.4 is 9.64 Å². The number of nitrogens with zero attached hydrogens (tertiary/aromatic N) is 3. The Balaban J connectivity index is 1.88. The van der Waals surface area contributed by atoms with Gasteiger partial charge in [0.1, 0.15) is 5.52 Å². The second-order valence-corrected chi connectivity index (χ2v) is 17.7. The summed E-state index contributed by atoms with van der Waals surface area (Å²) in [6, 6.07) is 3.84. The minimum atomic E-state index is -2.60. The predicted molar refractivity (Wildman–Crippen MR) is 135 cm³/mol. The number of hydrogen-bond acceptors (Lipinski definition) is 7. The molecule has 1 unspecified atom stereocenters. The van der Waals surface area contributed by atoms with Crippen LogP contribution in [-0.4, -0.2) is 60.1 Å². The van der Waals surface area contributed by atoms with Crippen LogP contribution in [0.1, 0.15) is 40.0 Å². The molecule has 0 aromatic carbocycles. The Hall–Kier alpha value is -1.78. The number of alkyl halides is 1. The summed E-state index contributed by atoms with van der Waals surface area (Å²) in [5.41, 5.74) is 1.17. The molecule has 0 amide bonds. The lowest BCUT2D eigenvalue weighted by Gasteiger charge is -2.50. The summed E-state index contributed by atoms with van der Waals surface area (Å²) in [4.78, 5) is 10.8. The number of aromatic nitrogens is 2. The van der Waals surface area contributed by atoms with Gasteiger partial charge in [0, 0.05) is 58.3 Å². The third kappa shape index (κ3) is 6.02. The SMILES string of the molecule is CC(C)(C)[Si](C)(C)OC1(CCS(C)(=N)=O)CCN(c2ccnc3c(OCF)nccc23)CC1. The first-order chi connectivity index (χ1) is 15.3. The summed E-state index contributed by atoms with van der Waals surface area (Å²) in [6.45, 7) is 11.8. The van der Waals surface area contributed by atoms with E-state index in [4.69, 9.17) is 13.9 Å². The zero-order chi connectivity index (χ0) is 24.5. The smallest absolute Gasteiger partial charge is 0.242 e. The van der Waals surface area contributed by atoms with Gasteiger partial charge in [-0.05, 0) is 49.5 Å². The van der Waals surface area contributed by atoms with Gasteiger partial charge in [-0.2, -0.15) is 0 Å². The fourth-order valence-corrected chi connectivity index (χ4v) is 6.56. The largest absolute Gasteiger partial charge is 0.444 e. The molecule has 2 aromatic rings. The number of fused-ring (bicyclic) bond motifs is 1. The number of anilines is 1. The predicted octanol–water partition coefficient (Wildman–Crippen LogP) is 5.36. The van der Waals surface area contributed by atoms with E-state index in [0.717, 1.165) is 37.0 Å². The summed E-state index contributed by atoms with van der Waals surface area (Å²) in [6.07, 6.45) is 7.03. The third-order valence-electron chi connectivity index (χ3n) is 7.03. The van der Waals surface area contributed by atoms with Gasteiger partial charge < -0.3 is 14.1 Å². The number of nitrogens with one attached hydrogen (secondary N) is 1. The van der Waals surface area contributed by atoms with Crippen LogP contribution in [0.4, 0.5) is 10.1 Å². The van der Waals surface area contributed by atoms with Gasteiger partial charge in [0.2, 0.25) is 12.7 Å². The van der Waals surface area contributed by atoms with Gasteiger partial charge in [0.15, 0.2) is 8.32 Å². The molecule has 1 atom stereocenters. The van der Waals surface area contributed by atoms with Crippen LogP contribution >= 0.6 is 0 Å². The maximum atomic E-state index is 12.8. The summed E-state index contributed by atoms with van der Waals surface area (Å²) in [5.74, 6) is 0.535. The lowest BCUT2D eigenvalue weighted by Crippen LogP contribution is -2.55. The molecule has 0 radical (unpaired) electrons. The van der Waals surface area contributed by atoms with Crippen molar-refractivity contribution in [3.05, 3.63) is 24.5 Å². The molecule has 1 aliphatic heterocycles. The quantitative estimate of drug-likeness (QED) is 0.495. The standard InChI is InChI=1S/C23H37FN4O3SSi/c1-22(2,3)33(5,6)31-23(11-16-32(4,25)29)9-14-28(15-10-23)19-8-13-26-20-18(19)7-12-27-21(20)30-17-24/h7-8,12-13,25H,9-11,14-17H2,1-6H3. The third-order valence-corrected chi connectivity index (χ3v) is 12.6. The number of halogens is 1. The summed E-state index contributed by atoms with van der Waals surface area (Å²) in [5, 5.41) is 0.934. The van der Waals surface area contributed by atoms with E-state index in [1.165, 1.54) is 6.26 Å². The first-order valence-corrected chi connectivity index (χ1v) is 16.4. The Morgan fingerprint density at radius 1 is 1.21 bits per heavy atom. The lowest BCUT2D eigenvalue weighted by molar-refractivity contribution is 0.0258. The van der Waals surface area contributed by atoms with E-state index in [1.807, 2.05) is 12.1 Å². The van der Waals surface area contributed by atoms with Gasteiger partial charge in [-0.25, -0.2) is 9.37 Å². The first kappa shape index (κ1) is 25.8. The number of hydrogen-bond donors (Lipinski definition) is 1. The summed E-state index contributed by atoms with van der Waals surface area (Å²) < 4.78 is 44.9. The van der Waals surface area contributed by atoms with Gasteiger partial charge in [-0.15, -0.1) is 0 Å². The summed E-state index contributed by atoms with van der Waals surface area (Å²) in [7, 11) is -4.66.